The van der Waals surface area contributed by atoms with Gasteiger partial charge in [0.2, 0.25) is 10.0 Å². The van der Waals surface area contributed by atoms with Crippen LogP contribution in [0.4, 0.5) is 4.39 Å². The summed E-state index contributed by atoms with van der Waals surface area (Å²) in [4.78, 5) is 6.53. The van der Waals surface area contributed by atoms with Crippen LogP contribution in [0, 0.1) is 11.7 Å². The van der Waals surface area contributed by atoms with E-state index in [0.29, 0.717) is 19.0 Å². The molecule has 138 valence electrons. The Balaban J connectivity index is 1.57. The number of hydrogen-bond acceptors (Lipinski definition) is 4. The highest BCUT2D eigenvalue weighted by atomic mass is 32.2. The molecule has 0 spiro atoms. The number of pyridine rings is 1. The van der Waals surface area contributed by atoms with Crippen LogP contribution in [-0.2, 0) is 16.6 Å². The summed E-state index contributed by atoms with van der Waals surface area (Å²) in [7, 11) is -3.68. The summed E-state index contributed by atoms with van der Waals surface area (Å²) in [6, 6.07) is 9.20. The number of halogens is 1. The van der Waals surface area contributed by atoms with Gasteiger partial charge in [-0.15, -0.1) is 0 Å². The first kappa shape index (κ1) is 17.6. The Morgan fingerprint density at radius 3 is 2.77 bits per heavy atom. The van der Waals surface area contributed by atoms with Gasteiger partial charge in [-0.1, -0.05) is 12.1 Å². The van der Waals surface area contributed by atoms with E-state index < -0.39 is 15.8 Å². The largest absolute Gasteiger partial charge is 0.297 e. The fourth-order valence-corrected chi connectivity index (χ4v) is 5.83. The van der Waals surface area contributed by atoms with Crippen LogP contribution < -0.4 is 0 Å². The predicted molar refractivity (Wildman–Crippen MR) is 96.3 cm³/mol. The van der Waals surface area contributed by atoms with Gasteiger partial charge in [0, 0.05) is 44.6 Å². The summed E-state index contributed by atoms with van der Waals surface area (Å²) in [6.45, 7) is 2.85. The minimum atomic E-state index is -3.68. The zero-order valence-corrected chi connectivity index (χ0v) is 15.3. The molecule has 2 atom stereocenters. The second kappa shape index (κ2) is 7.06. The lowest BCUT2D eigenvalue weighted by Gasteiger charge is -2.35. The highest BCUT2D eigenvalue weighted by Gasteiger charge is 2.41. The summed E-state index contributed by atoms with van der Waals surface area (Å²) < 4.78 is 41.3. The lowest BCUT2D eigenvalue weighted by molar-refractivity contribution is 0.225. The molecule has 4 heterocycles. The molecule has 0 unspecified atom stereocenters. The van der Waals surface area contributed by atoms with Crippen LogP contribution in [0.5, 0.6) is 0 Å². The van der Waals surface area contributed by atoms with E-state index in [1.165, 1.54) is 18.2 Å². The molecule has 1 aromatic carbocycles. The van der Waals surface area contributed by atoms with Crippen molar-refractivity contribution in [3.8, 4) is 0 Å². The molecule has 0 saturated carbocycles. The predicted octanol–water partition coefficient (Wildman–Crippen LogP) is 2.51. The quantitative estimate of drug-likeness (QED) is 0.824. The second-order valence-corrected chi connectivity index (χ2v) is 9.08. The molecule has 3 aliphatic heterocycles. The van der Waals surface area contributed by atoms with Gasteiger partial charge < -0.3 is 0 Å². The minimum Gasteiger partial charge on any atom is -0.297 e. The highest BCUT2D eigenvalue weighted by molar-refractivity contribution is 7.89. The van der Waals surface area contributed by atoms with Crippen molar-refractivity contribution >= 4 is 10.0 Å². The molecule has 0 aliphatic carbocycles. The van der Waals surface area contributed by atoms with Crippen molar-refractivity contribution in [1.82, 2.24) is 14.2 Å². The lowest BCUT2D eigenvalue weighted by Crippen LogP contribution is -2.47. The van der Waals surface area contributed by atoms with Gasteiger partial charge in [-0.2, -0.15) is 4.31 Å². The number of aromatic nitrogens is 1. The fourth-order valence-electron chi connectivity index (χ4n) is 4.07. The number of piperidine rings is 1. The first-order chi connectivity index (χ1) is 12.5. The Hall–Kier alpha value is -1.83. The molecule has 5 rings (SSSR count). The van der Waals surface area contributed by atoms with Crippen molar-refractivity contribution in [1.29, 1.82) is 0 Å². The van der Waals surface area contributed by atoms with Gasteiger partial charge in [0.15, 0.2) is 0 Å². The van der Waals surface area contributed by atoms with Crippen LogP contribution in [0.2, 0.25) is 0 Å². The summed E-state index contributed by atoms with van der Waals surface area (Å²) >= 11 is 0. The molecule has 3 saturated heterocycles. The summed E-state index contributed by atoms with van der Waals surface area (Å²) in [5.41, 5.74) is 1.13. The molecule has 2 aromatic rings. The monoisotopic (exact) mass is 375 g/mol. The van der Waals surface area contributed by atoms with Crippen LogP contribution in [0.25, 0.3) is 0 Å². The Morgan fingerprint density at radius 2 is 2.00 bits per heavy atom. The first-order valence-corrected chi connectivity index (χ1v) is 10.3. The topological polar surface area (TPSA) is 53.5 Å². The van der Waals surface area contributed by atoms with E-state index in [1.807, 2.05) is 18.3 Å². The zero-order valence-electron chi connectivity index (χ0n) is 14.5. The van der Waals surface area contributed by atoms with Gasteiger partial charge in [0.1, 0.15) is 5.82 Å². The van der Waals surface area contributed by atoms with Gasteiger partial charge in [0.05, 0.1) is 4.90 Å². The van der Waals surface area contributed by atoms with Gasteiger partial charge in [-0.05, 0) is 48.6 Å². The van der Waals surface area contributed by atoms with E-state index >= 15 is 0 Å². The van der Waals surface area contributed by atoms with Crippen LogP contribution in [0.3, 0.4) is 0 Å². The molecular formula is C19H22FN3O2S. The number of rotatable bonds is 4. The molecule has 0 radical (unpaired) electrons. The Kier molecular flexibility index (Phi) is 4.77. The normalized spacial score (nSPS) is 24.5. The third-order valence-corrected chi connectivity index (χ3v) is 7.18. The van der Waals surface area contributed by atoms with Gasteiger partial charge in [-0.3, -0.25) is 9.88 Å². The van der Waals surface area contributed by atoms with Crippen molar-refractivity contribution in [3.05, 3.63) is 60.2 Å². The maximum Gasteiger partial charge on any atom is 0.243 e. The third kappa shape index (κ3) is 3.51. The molecule has 26 heavy (non-hydrogen) atoms. The van der Waals surface area contributed by atoms with E-state index in [0.717, 1.165) is 37.6 Å². The van der Waals surface area contributed by atoms with Crippen LogP contribution in [0.1, 0.15) is 18.4 Å². The first-order valence-electron chi connectivity index (χ1n) is 8.91. The van der Waals surface area contributed by atoms with Crippen LogP contribution in [0.15, 0.2) is 53.7 Å². The van der Waals surface area contributed by atoms with Crippen molar-refractivity contribution < 1.29 is 12.8 Å². The number of sulfonamides is 1. The molecule has 3 fully saturated rings. The number of benzene rings is 1. The maximum absolute atomic E-state index is 13.5. The molecular weight excluding hydrogens is 353 g/mol. The van der Waals surface area contributed by atoms with E-state index in [9.17, 15) is 12.8 Å². The van der Waals surface area contributed by atoms with Crippen LogP contribution >= 0.6 is 0 Å². The Morgan fingerprint density at radius 1 is 1.12 bits per heavy atom. The molecule has 3 aliphatic rings. The van der Waals surface area contributed by atoms with Crippen molar-refractivity contribution in [2.75, 3.05) is 19.6 Å². The molecule has 0 amide bonds. The van der Waals surface area contributed by atoms with E-state index in [4.69, 9.17) is 0 Å². The van der Waals surface area contributed by atoms with Crippen molar-refractivity contribution in [2.45, 2.75) is 30.3 Å². The van der Waals surface area contributed by atoms with Crippen molar-refractivity contribution in [3.63, 3.8) is 0 Å². The highest BCUT2D eigenvalue weighted by Crippen LogP contribution is 2.33. The summed E-state index contributed by atoms with van der Waals surface area (Å²) in [6.07, 6.45) is 5.49. The summed E-state index contributed by atoms with van der Waals surface area (Å²) in [5.74, 6) is -0.224. The van der Waals surface area contributed by atoms with Gasteiger partial charge in [-0.25, -0.2) is 12.8 Å². The Bertz CT molecular complexity index is 875. The minimum absolute atomic E-state index is 0.0452. The maximum atomic E-state index is 13.5. The van der Waals surface area contributed by atoms with E-state index in [1.54, 1.807) is 10.5 Å². The third-order valence-electron chi connectivity index (χ3n) is 5.27. The lowest BCUT2D eigenvalue weighted by atomic mass is 9.97. The van der Waals surface area contributed by atoms with E-state index in [2.05, 4.69) is 9.88 Å². The van der Waals surface area contributed by atoms with Gasteiger partial charge in [0.25, 0.3) is 0 Å². The number of fused-ring (bicyclic) bond motifs is 4. The average molecular weight is 375 g/mol. The smallest absolute Gasteiger partial charge is 0.243 e. The number of nitrogens with zero attached hydrogens (tertiary/aromatic N) is 3. The molecule has 0 N–H and O–H groups in total. The molecule has 1 aromatic heterocycles. The Labute approximate surface area is 153 Å². The van der Waals surface area contributed by atoms with Crippen LogP contribution in [-0.4, -0.2) is 48.3 Å². The second-order valence-electron chi connectivity index (χ2n) is 7.18. The molecule has 2 bridgehead atoms. The zero-order chi connectivity index (χ0) is 18.1. The molecule has 5 nitrogen and oxygen atoms in total. The average Bonchev–Trinajstić information content (AvgIpc) is 2.93. The van der Waals surface area contributed by atoms with Gasteiger partial charge >= 0.3 is 0 Å². The summed E-state index contributed by atoms with van der Waals surface area (Å²) in [5, 5.41) is 0. The van der Waals surface area contributed by atoms with Crippen molar-refractivity contribution in [2.24, 2.45) is 5.92 Å². The SMILES string of the molecule is O=S(=O)(c1cccc(F)c1)N1C[C@H]2CC[C@@H]1CN(Cc1cccnc1)C2. The fraction of sp³-hybridized carbons (Fsp3) is 0.421. The number of hydrogen-bond donors (Lipinski definition) is 0. The standard InChI is InChI=1S/C19H22FN3O2S/c20-17-4-1-5-19(9-17)26(24,25)23-13-16-6-7-18(23)14-22(12-16)11-15-3-2-8-21-10-15/h1-5,8-10,16,18H,6-7,11-14H2/t16-,18+/m0/s1. The van der Waals surface area contributed by atoms with E-state index in [-0.39, 0.29) is 10.9 Å². The molecule has 7 heteroatoms.